The molecule has 0 bridgehead atoms. The zero-order chi connectivity index (χ0) is 11.7. The maximum absolute atomic E-state index is 4.40. The number of rotatable bonds is 3. The van der Waals surface area contributed by atoms with Gasteiger partial charge in [-0.25, -0.2) is 0 Å². The second-order valence-electron chi connectivity index (χ2n) is 3.95. The highest BCUT2D eigenvalue weighted by atomic mass is 14.7. The molecule has 1 heteroatoms. The number of aliphatic imine (C=N–C) groups is 1. The summed E-state index contributed by atoms with van der Waals surface area (Å²) < 4.78 is 0. The summed E-state index contributed by atoms with van der Waals surface area (Å²) in [5.74, 6) is 1.16. The van der Waals surface area contributed by atoms with E-state index < -0.39 is 0 Å². The Balaban J connectivity index is 0. The van der Waals surface area contributed by atoms with Gasteiger partial charge in [-0.3, -0.25) is 4.99 Å². The first-order valence-corrected chi connectivity index (χ1v) is 5.66. The summed E-state index contributed by atoms with van der Waals surface area (Å²) >= 11 is 0. The standard InChI is InChI=1S/C11H21N.C2H6/c1-8(2)10(5)7-12-11(6)9(3)4;1-2/h7-9H,1-6H3;1-2H3/b10-7+,12-11?;. The molecule has 84 valence electrons. The van der Waals surface area contributed by atoms with Crippen LogP contribution in [0.25, 0.3) is 0 Å². The van der Waals surface area contributed by atoms with E-state index in [0.29, 0.717) is 11.8 Å². The van der Waals surface area contributed by atoms with Gasteiger partial charge < -0.3 is 0 Å². The third kappa shape index (κ3) is 8.03. The second-order valence-corrected chi connectivity index (χ2v) is 3.95. The minimum atomic E-state index is 0.557. The number of hydrogen-bond acceptors (Lipinski definition) is 1. The maximum atomic E-state index is 4.40. The van der Waals surface area contributed by atoms with Gasteiger partial charge in [0.25, 0.3) is 0 Å². The predicted octanol–water partition coefficient (Wildman–Crippen LogP) is 4.69. The summed E-state index contributed by atoms with van der Waals surface area (Å²) in [5, 5.41) is 0. The van der Waals surface area contributed by atoms with Crippen molar-refractivity contribution < 1.29 is 0 Å². The zero-order valence-corrected chi connectivity index (χ0v) is 11.2. The Labute approximate surface area is 90.3 Å². The topological polar surface area (TPSA) is 12.4 Å². The molecule has 0 amide bonds. The highest BCUT2D eigenvalue weighted by Gasteiger charge is 1.97. The summed E-state index contributed by atoms with van der Waals surface area (Å²) in [6.45, 7) is 16.9. The molecule has 0 aromatic heterocycles. The van der Waals surface area contributed by atoms with E-state index in [1.807, 2.05) is 20.0 Å². The van der Waals surface area contributed by atoms with Crippen LogP contribution in [0.4, 0.5) is 0 Å². The van der Waals surface area contributed by atoms with Crippen LogP contribution in [0.5, 0.6) is 0 Å². The predicted molar refractivity (Wildman–Crippen MR) is 67.9 cm³/mol. The molecule has 0 aliphatic carbocycles. The lowest BCUT2D eigenvalue weighted by Crippen LogP contribution is -2.00. The molecule has 0 unspecified atom stereocenters. The van der Waals surface area contributed by atoms with Crippen molar-refractivity contribution in [3.05, 3.63) is 11.8 Å². The van der Waals surface area contributed by atoms with Crippen molar-refractivity contribution >= 4 is 5.71 Å². The van der Waals surface area contributed by atoms with Crippen LogP contribution < -0.4 is 0 Å². The van der Waals surface area contributed by atoms with E-state index in [9.17, 15) is 0 Å². The molecule has 0 aromatic carbocycles. The van der Waals surface area contributed by atoms with Gasteiger partial charge in [0, 0.05) is 11.9 Å². The van der Waals surface area contributed by atoms with E-state index in [1.165, 1.54) is 11.3 Å². The normalized spacial score (nSPS) is 13.0. The van der Waals surface area contributed by atoms with Gasteiger partial charge >= 0.3 is 0 Å². The second kappa shape index (κ2) is 8.98. The smallest absolute Gasteiger partial charge is 0.0258 e. The molecule has 1 nitrogen and oxygen atoms in total. The minimum Gasteiger partial charge on any atom is -0.266 e. The monoisotopic (exact) mass is 197 g/mol. The quantitative estimate of drug-likeness (QED) is 0.582. The summed E-state index contributed by atoms with van der Waals surface area (Å²) in [6, 6.07) is 0. The fourth-order valence-corrected chi connectivity index (χ4v) is 0.502. The summed E-state index contributed by atoms with van der Waals surface area (Å²) in [4.78, 5) is 4.40. The molecular weight excluding hydrogens is 170 g/mol. The van der Waals surface area contributed by atoms with Gasteiger partial charge in [-0.15, -0.1) is 0 Å². The summed E-state index contributed by atoms with van der Waals surface area (Å²) in [5.41, 5.74) is 2.55. The van der Waals surface area contributed by atoms with Crippen LogP contribution in [0.3, 0.4) is 0 Å². The first-order chi connectivity index (χ1) is 6.45. The van der Waals surface area contributed by atoms with E-state index >= 15 is 0 Å². The van der Waals surface area contributed by atoms with Gasteiger partial charge in [0.05, 0.1) is 0 Å². The van der Waals surface area contributed by atoms with Gasteiger partial charge in [0.15, 0.2) is 0 Å². The molecule has 0 aliphatic rings. The van der Waals surface area contributed by atoms with Crippen LogP contribution in [-0.4, -0.2) is 5.71 Å². The number of hydrogen-bond donors (Lipinski definition) is 0. The van der Waals surface area contributed by atoms with E-state index in [-0.39, 0.29) is 0 Å². The van der Waals surface area contributed by atoms with Crippen LogP contribution >= 0.6 is 0 Å². The Kier molecular flexibility index (Phi) is 10.2. The average molecular weight is 197 g/mol. The van der Waals surface area contributed by atoms with Crippen molar-refractivity contribution in [2.45, 2.75) is 55.4 Å². The van der Waals surface area contributed by atoms with Crippen LogP contribution in [0.2, 0.25) is 0 Å². The van der Waals surface area contributed by atoms with Crippen molar-refractivity contribution in [2.75, 3.05) is 0 Å². The Morgan fingerprint density at radius 1 is 0.929 bits per heavy atom. The molecule has 0 fully saturated rings. The molecule has 0 radical (unpaired) electrons. The van der Waals surface area contributed by atoms with E-state index in [4.69, 9.17) is 0 Å². The van der Waals surface area contributed by atoms with Crippen molar-refractivity contribution in [1.82, 2.24) is 0 Å². The Hall–Kier alpha value is -0.590. The molecule has 0 atom stereocenters. The Bertz CT molecular complexity index is 163. The van der Waals surface area contributed by atoms with Crippen LogP contribution in [-0.2, 0) is 0 Å². The van der Waals surface area contributed by atoms with E-state index in [0.717, 1.165) is 0 Å². The highest BCUT2D eigenvalue weighted by Crippen LogP contribution is 2.08. The Morgan fingerprint density at radius 2 is 1.36 bits per heavy atom. The van der Waals surface area contributed by atoms with Crippen LogP contribution in [0.1, 0.15) is 55.4 Å². The molecule has 0 rings (SSSR count). The fraction of sp³-hybridized carbons (Fsp3) is 0.769. The van der Waals surface area contributed by atoms with Crippen molar-refractivity contribution in [1.29, 1.82) is 0 Å². The Morgan fingerprint density at radius 3 is 1.64 bits per heavy atom. The fourth-order valence-electron chi connectivity index (χ4n) is 0.502. The number of allylic oxidation sites excluding steroid dienone is 1. The third-order valence-electron chi connectivity index (χ3n) is 2.22. The maximum Gasteiger partial charge on any atom is 0.0258 e. The lowest BCUT2D eigenvalue weighted by molar-refractivity contribution is 0.765. The highest BCUT2D eigenvalue weighted by molar-refractivity contribution is 5.84. The molecule has 0 aliphatic heterocycles. The first-order valence-electron chi connectivity index (χ1n) is 5.66. The lowest BCUT2D eigenvalue weighted by atomic mass is 10.1. The molecule has 0 aromatic rings. The largest absolute Gasteiger partial charge is 0.266 e. The molecule has 0 N–H and O–H groups in total. The van der Waals surface area contributed by atoms with Gasteiger partial charge in [-0.2, -0.15) is 0 Å². The minimum absolute atomic E-state index is 0.557. The molecule has 0 heterocycles. The zero-order valence-electron chi connectivity index (χ0n) is 11.2. The van der Waals surface area contributed by atoms with Crippen LogP contribution in [0.15, 0.2) is 16.8 Å². The number of nitrogens with zero attached hydrogens (tertiary/aromatic N) is 1. The van der Waals surface area contributed by atoms with E-state index in [2.05, 4.69) is 46.5 Å². The van der Waals surface area contributed by atoms with Crippen molar-refractivity contribution in [3.63, 3.8) is 0 Å². The third-order valence-corrected chi connectivity index (χ3v) is 2.22. The van der Waals surface area contributed by atoms with Crippen molar-refractivity contribution in [2.24, 2.45) is 16.8 Å². The molecular formula is C13H27N. The summed E-state index contributed by atoms with van der Waals surface area (Å²) in [6.07, 6.45) is 1.99. The lowest BCUT2D eigenvalue weighted by Gasteiger charge is -2.04. The molecule has 0 saturated carbocycles. The van der Waals surface area contributed by atoms with Gasteiger partial charge in [-0.05, 0) is 25.7 Å². The SMILES string of the molecule is CC.CC(=N/C=C(\C)C(C)C)C(C)C. The molecule has 14 heavy (non-hydrogen) atoms. The van der Waals surface area contributed by atoms with Gasteiger partial charge in [0.1, 0.15) is 0 Å². The molecule has 0 saturated heterocycles. The average Bonchev–Trinajstić information content (AvgIpc) is 2.16. The van der Waals surface area contributed by atoms with Crippen LogP contribution in [0, 0.1) is 11.8 Å². The van der Waals surface area contributed by atoms with Gasteiger partial charge in [-0.1, -0.05) is 47.1 Å². The molecule has 0 spiro atoms. The van der Waals surface area contributed by atoms with Crippen molar-refractivity contribution in [3.8, 4) is 0 Å². The summed E-state index contributed by atoms with van der Waals surface area (Å²) in [7, 11) is 0. The van der Waals surface area contributed by atoms with Gasteiger partial charge in [0.2, 0.25) is 0 Å². The van der Waals surface area contributed by atoms with E-state index in [1.54, 1.807) is 0 Å². The first kappa shape index (κ1) is 15.9.